The minimum Gasteiger partial charge on any atom is -0.488 e. The van der Waals surface area contributed by atoms with E-state index < -0.39 is 0 Å². The van der Waals surface area contributed by atoms with Gasteiger partial charge in [-0.3, -0.25) is 4.79 Å². The Morgan fingerprint density at radius 1 is 1.19 bits per heavy atom. The van der Waals surface area contributed by atoms with Crippen molar-refractivity contribution < 1.29 is 9.53 Å². The van der Waals surface area contributed by atoms with Crippen LogP contribution in [0.5, 0.6) is 5.75 Å². The summed E-state index contributed by atoms with van der Waals surface area (Å²) in [5.74, 6) is 0.585. The summed E-state index contributed by atoms with van der Waals surface area (Å²) in [5, 5.41) is 6.50. The van der Waals surface area contributed by atoms with Crippen LogP contribution in [0.4, 0.5) is 0 Å². The van der Waals surface area contributed by atoms with Gasteiger partial charge in [0, 0.05) is 11.4 Å². The van der Waals surface area contributed by atoms with Crippen LogP contribution in [0.1, 0.15) is 28.9 Å². The van der Waals surface area contributed by atoms with Gasteiger partial charge in [0.15, 0.2) is 0 Å². The fraction of sp³-hybridized carbons (Fsp3) is 0.200. The molecule has 1 amide bonds. The van der Waals surface area contributed by atoms with Gasteiger partial charge in [-0.15, -0.1) is 11.3 Å². The standard InChI is InChI=1S/C20H16Cl2N2O2S/c21-15-8-5-12(9-16(15)22)10-26-18-4-2-1-3-14(18)20-24-17(11-27-20)19(25)23-13-6-7-13/h1-5,8-9,11,13H,6-7,10H2,(H,23,25). The maximum Gasteiger partial charge on any atom is 0.270 e. The summed E-state index contributed by atoms with van der Waals surface area (Å²) in [6.07, 6.45) is 2.10. The summed E-state index contributed by atoms with van der Waals surface area (Å²) in [6.45, 7) is 0.355. The predicted octanol–water partition coefficient (Wildman–Crippen LogP) is 5.59. The van der Waals surface area contributed by atoms with Gasteiger partial charge >= 0.3 is 0 Å². The highest BCUT2D eigenvalue weighted by Crippen LogP contribution is 2.33. The molecular weight excluding hydrogens is 403 g/mol. The predicted molar refractivity (Wildman–Crippen MR) is 109 cm³/mol. The molecule has 1 aliphatic rings. The minimum absolute atomic E-state index is 0.116. The zero-order valence-electron chi connectivity index (χ0n) is 14.2. The Kier molecular flexibility index (Phi) is 5.34. The number of rotatable bonds is 6. The van der Waals surface area contributed by atoms with Crippen molar-refractivity contribution in [1.82, 2.24) is 10.3 Å². The van der Waals surface area contributed by atoms with Gasteiger partial charge in [-0.1, -0.05) is 41.4 Å². The van der Waals surface area contributed by atoms with Gasteiger partial charge in [-0.05, 0) is 42.7 Å². The van der Waals surface area contributed by atoms with Crippen LogP contribution < -0.4 is 10.1 Å². The van der Waals surface area contributed by atoms with E-state index in [-0.39, 0.29) is 5.91 Å². The topological polar surface area (TPSA) is 51.2 Å². The van der Waals surface area contributed by atoms with Crippen molar-refractivity contribution in [2.45, 2.75) is 25.5 Å². The number of ether oxygens (including phenoxy) is 1. The van der Waals surface area contributed by atoms with Crippen molar-refractivity contribution in [2.24, 2.45) is 0 Å². The average Bonchev–Trinajstić information content (AvgIpc) is 3.34. The molecule has 7 heteroatoms. The molecule has 0 bridgehead atoms. The molecule has 1 N–H and O–H groups in total. The number of nitrogens with zero attached hydrogens (tertiary/aromatic N) is 1. The summed E-state index contributed by atoms with van der Waals surface area (Å²) in [7, 11) is 0. The van der Waals surface area contributed by atoms with E-state index in [1.165, 1.54) is 11.3 Å². The van der Waals surface area contributed by atoms with Gasteiger partial charge in [-0.25, -0.2) is 4.98 Å². The number of hydrogen-bond acceptors (Lipinski definition) is 4. The van der Waals surface area contributed by atoms with Crippen LogP contribution in [0.25, 0.3) is 10.6 Å². The van der Waals surface area contributed by atoms with E-state index in [2.05, 4.69) is 10.3 Å². The molecule has 27 heavy (non-hydrogen) atoms. The number of carbonyl (C=O) groups excluding carboxylic acids is 1. The molecule has 3 aromatic rings. The lowest BCUT2D eigenvalue weighted by Crippen LogP contribution is -2.25. The molecule has 0 unspecified atom stereocenters. The molecule has 1 aliphatic carbocycles. The Morgan fingerprint density at radius 2 is 2.00 bits per heavy atom. The lowest BCUT2D eigenvalue weighted by molar-refractivity contribution is 0.0947. The second-order valence-electron chi connectivity index (χ2n) is 6.32. The molecule has 1 heterocycles. The van der Waals surface area contributed by atoms with Gasteiger partial charge in [0.2, 0.25) is 0 Å². The molecule has 138 valence electrons. The highest BCUT2D eigenvalue weighted by molar-refractivity contribution is 7.13. The first-order valence-corrected chi connectivity index (χ1v) is 10.2. The maximum absolute atomic E-state index is 12.2. The number of thiazole rings is 1. The quantitative estimate of drug-likeness (QED) is 0.567. The van der Waals surface area contributed by atoms with Crippen LogP contribution in [-0.4, -0.2) is 16.9 Å². The van der Waals surface area contributed by atoms with Crippen molar-refractivity contribution in [3.8, 4) is 16.3 Å². The number of para-hydroxylation sites is 1. The third-order valence-electron chi connectivity index (χ3n) is 4.15. The second-order valence-corrected chi connectivity index (χ2v) is 7.99. The molecule has 1 aromatic heterocycles. The lowest BCUT2D eigenvalue weighted by Gasteiger charge is -2.10. The second kappa shape index (κ2) is 7.89. The zero-order chi connectivity index (χ0) is 18.8. The summed E-state index contributed by atoms with van der Waals surface area (Å²) < 4.78 is 5.98. The summed E-state index contributed by atoms with van der Waals surface area (Å²) in [6, 6.07) is 13.4. The van der Waals surface area contributed by atoms with E-state index in [1.807, 2.05) is 30.3 Å². The Balaban J connectivity index is 1.51. The molecular formula is C20H16Cl2N2O2S. The number of nitrogens with one attached hydrogen (secondary N) is 1. The smallest absolute Gasteiger partial charge is 0.270 e. The number of benzene rings is 2. The highest BCUT2D eigenvalue weighted by atomic mass is 35.5. The number of hydrogen-bond donors (Lipinski definition) is 1. The molecule has 0 radical (unpaired) electrons. The van der Waals surface area contributed by atoms with E-state index in [4.69, 9.17) is 27.9 Å². The molecule has 4 rings (SSSR count). The Hall–Kier alpha value is -2.08. The number of aromatic nitrogens is 1. The van der Waals surface area contributed by atoms with Gasteiger partial charge in [0.05, 0.1) is 15.6 Å². The molecule has 0 aliphatic heterocycles. The van der Waals surface area contributed by atoms with Crippen molar-refractivity contribution in [2.75, 3.05) is 0 Å². The number of carbonyl (C=O) groups is 1. The first-order chi connectivity index (χ1) is 13.1. The van der Waals surface area contributed by atoms with Gasteiger partial charge < -0.3 is 10.1 Å². The summed E-state index contributed by atoms with van der Waals surface area (Å²) in [4.78, 5) is 16.7. The molecule has 1 fully saturated rings. The fourth-order valence-corrected chi connectivity index (χ4v) is 3.70. The van der Waals surface area contributed by atoms with Crippen LogP contribution in [0.3, 0.4) is 0 Å². The SMILES string of the molecule is O=C(NC1CC1)c1csc(-c2ccccc2OCc2ccc(Cl)c(Cl)c2)n1. The molecule has 0 atom stereocenters. The van der Waals surface area contributed by atoms with Crippen molar-refractivity contribution in [3.63, 3.8) is 0 Å². The highest BCUT2D eigenvalue weighted by Gasteiger charge is 2.25. The van der Waals surface area contributed by atoms with Gasteiger partial charge in [-0.2, -0.15) is 0 Å². The normalized spacial score (nSPS) is 13.4. The largest absolute Gasteiger partial charge is 0.488 e. The van der Waals surface area contributed by atoms with E-state index in [0.29, 0.717) is 34.1 Å². The summed E-state index contributed by atoms with van der Waals surface area (Å²) in [5.41, 5.74) is 2.22. The van der Waals surface area contributed by atoms with Gasteiger partial charge in [0.1, 0.15) is 23.1 Å². The monoisotopic (exact) mass is 418 g/mol. The van der Waals surface area contributed by atoms with Gasteiger partial charge in [0.25, 0.3) is 5.91 Å². The Bertz CT molecular complexity index is 986. The maximum atomic E-state index is 12.2. The van der Waals surface area contributed by atoms with Crippen LogP contribution in [0.15, 0.2) is 47.8 Å². The number of amides is 1. The summed E-state index contributed by atoms with van der Waals surface area (Å²) >= 11 is 13.4. The molecule has 4 nitrogen and oxygen atoms in total. The third kappa shape index (κ3) is 4.43. The average molecular weight is 419 g/mol. The minimum atomic E-state index is -0.116. The van der Waals surface area contributed by atoms with Crippen LogP contribution in [0, 0.1) is 0 Å². The van der Waals surface area contributed by atoms with Crippen molar-refractivity contribution in [1.29, 1.82) is 0 Å². The van der Waals surface area contributed by atoms with Crippen LogP contribution in [0.2, 0.25) is 10.0 Å². The van der Waals surface area contributed by atoms with Crippen molar-refractivity contribution in [3.05, 3.63) is 69.1 Å². The zero-order valence-corrected chi connectivity index (χ0v) is 16.6. The van der Waals surface area contributed by atoms with E-state index >= 15 is 0 Å². The molecule has 0 saturated heterocycles. The van der Waals surface area contributed by atoms with E-state index in [9.17, 15) is 4.79 Å². The van der Waals surface area contributed by atoms with Crippen LogP contribution >= 0.6 is 34.5 Å². The van der Waals surface area contributed by atoms with E-state index in [1.54, 1.807) is 17.5 Å². The Labute approximate surface area is 171 Å². The first-order valence-electron chi connectivity index (χ1n) is 8.52. The first kappa shape index (κ1) is 18.3. The van der Waals surface area contributed by atoms with E-state index in [0.717, 1.165) is 29.0 Å². The third-order valence-corrected chi connectivity index (χ3v) is 5.76. The molecule has 0 spiro atoms. The van der Waals surface area contributed by atoms with Crippen molar-refractivity contribution >= 4 is 40.4 Å². The van der Waals surface area contributed by atoms with Crippen LogP contribution in [-0.2, 0) is 6.61 Å². The fourth-order valence-electron chi connectivity index (χ4n) is 2.55. The molecule has 1 saturated carbocycles. The molecule has 2 aromatic carbocycles. The Morgan fingerprint density at radius 3 is 2.78 bits per heavy atom. The number of halogens is 2. The lowest BCUT2D eigenvalue weighted by atomic mass is 10.2.